The minimum atomic E-state index is 0.448. The van der Waals surface area contributed by atoms with Crippen LogP contribution in [0.5, 0.6) is 0 Å². The van der Waals surface area contributed by atoms with Crippen molar-refractivity contribution in [1.29, 1.82) is 0 Å². The maximum absolute atomic E-state index is 9.46. The molecule has 0 unspecified atom stereocenters. The van der Waals surface area contributed by atoms with Gasteiger partial charge >= 0.3 is 0 Å². The number of allylic oxidation sites excluding steroid dienone is 6. The standard InChI is InChI=1S/C11H12O/c1-8-5-6-9(7-8)10-3-2-4-11(10)12/h3-5,7,12H,2,6H2,1H3. The highest BCUT2D eigenvalue weighted by Crippen LogP contribution is 2.30. The summed E-state index contributed by atoms with van der Waals surface area (Å²) in [7, 11) is 0. The van der Waals surface area contributed by atoms with Gasteiger partial charge in [-0.1, -0.05) is 23.8 Å². The van der Waals surface area contributed by atoms with E-state index in [4.69, 9.17) is 0 Å². The smallest absolute Gasteiger partial charge is 0.119 e. The van der Waals surface area contributed by atoms with Crippen molar-refractivity contribution >= 4 is 0 Å². The van der Waals surface area contributed by atoms with Crippen molar-refractivity contribution < 1.29 is 5.11 Å². The summed E-state index contributed by atoms with van der Waals surface area (Å²) >= 11 is 0. The monoisotopic (exact) mass is 160 g/mol. The maximum Gasteiger partial charge on any atom is 0.119 e. The lowest BCUT2D eigenvalue weighted by Crippen LogP contribution is -1.87. The molecule has 62 valence electrons. The average Bonchev–Trinajstić information content (AvgIpc) is 2.58. The molecule has 0 amide bonds. The highest BCUT2D eigenvalue weighted by molar-refractivity contribution is 5.52. The second-order valence-electron chi connectivity index (χ2n) is 3.26. The molecule has 2 rings (SSSR count). The minimum Gasteiger partial charge on any atom is -0.508 e. The van der Waals surface area contributed by atoms with Gasteiger partial charge < -0.3 is 5.11 Å². The zero-order chi connectivity index (χ0) is 8.55. The van der Waals surface area contributed by atoms with Gasteiger partial charge in [0.15, 0.2) is 0 Å². The van der Waals surface area contributed by atoms with Crippen molar-refractivity contribution in [2.75, 3.05) is 0 Å². The Labute approximate surface area is 72.4 Å². The van der Waals surface area contributed by atoms with Crippen LogP contribution in [0.4, 0.5) is 0 Å². The first-order valence-corrected chi connectivity index (χ1v) is 4.25. The van der Waals surface area contributed by atoms with E-state index in [-0.39, 0.29) is 0 Å². The Morgan fingerprint density at radius 3 is 2.58 bits per heavy atom. The molecule has 2 aliphatic rings. The molecule has 0 aliphatic heterocycles. The van der Waals surface area contributed by atoms with E-state index < -0.39 is 0 Å². The molecule has 0 fully saturated rings. The average molecular weight is 160 g/mol. The van der Waals surface area contributed by atoms with E-state index in [1.165, 1.54) is 11.1 Å². The number of aliphatic hydroxyl groups is 1. The third-order valence-corrected chi connectivity index (χ3v) is 2.30. The van der Waals surface area contributed by atoms with Gasteiger partial charge in [0.05, 0.1) is 0 Å². The van der Waals surface area contributed by atoms with Gasteiger partial charge in [0.25, 0.3) is 0 Å². The predicted molar refractivity (Wildman–Crippen MR) is 49.9 cm³/mol. The summed E-state index contributed by atoms with van der Waals surface area (Å²) in [6.07, 6.45) is 10.1. The van der Waals surface area contributed by atoms with E-state index in [1.807, 2.05) is 6.08 Å². The molecule has 12 heavy (non-hydrogen) atoms. The Hall–Kier alpha value is -1.24. The highest BCUT2D eigenvalue weighted by Gasteiger charge is 2.14. The molecular formula is C11H12O. The minimum absolute atomic E-state index is 0.448. The van der Waals surface area contributed by atoms with Crippen LogP contribution in [0.3, 0.4) is 0 Å². The Bertz CT molecular complexity index is 327. The first-order chi connectivity index (χ1) is 5.77. The molecule has 0 atom stereocenters. The van der Waals surface area contributed by atoms with Gasteiger partial charge in [-0.15, -0.1) is 0 Å². The Balaban J connectivity index is 2.24. The predicted octanol–water partition coefficient (Wildman–Crippen LogP) is 3.03. The van der Waals surface area contributed by atoms with Crippen LogP contribution < -0.4 is 0 Å². The summed E-state index contributed by atoms with van der Waals surface area (Å²) in [4.78, 5) is 0. The van der Waals surface area contributed by atoms with Crippen molar-refractivity contribution in [1.82, 2.24) is 0 Å². The molecule has 0 aromatic rings. The maximum atomic E-state index is 9.46. The van der Waals surface area contributed by atoms with Crippen molar-refractivity contribution in [3.05, 3.63) is 46.8 Å². The van der Waals surface area contributed by atoms with Gasteiger partial charge in [0.2, 0.25) is 0 Å². The number of hydrogen-bond acceptors (Lipinski definition) is 1. The first-order valence-electron chi connectivity index (χ1n) is 4.25. The van der Waals surface area contributed by atoms with Crippen molar-refractivity contribution in [2.45, 2.75) is 19.8 Å². The van der Waals surface area contributed by atoms with Crippen LogP contribution in [0.2, 0.25) is 0 Å². The SMILES string of the molecule is CC1=CCC(C2=CCC=C2O)=C1. The van der Waals surface area contributed by atoms with Crippen LogP contribution in [-0.4, -0.2) is 5.11 Å². The fourth-order valence-electron chi connectivity index (χ4n) is 1.65. The lowest BCUT2D eigenvalue weighted by molar-refractivity contribution is 0.426. The Morgan fingerprint density at radius 2 is 2.08 bits per heavy atom. The van der Waals surface area contributed by atoms with Gasteiger partial charge in [0.1, 0.15) is 5.76 Å². The molecule has 0 heterocycles. The quantitative estimate of drug-likeness (QED) is 0.625. The summed E-state index contributed by atoms with van der Waals surface area (Å²) in [5.74, 6) is 0.448. The van der Waals surface area contributed by atoms with Gasteiger partial charge in [-0.25, -0.2) is 0 Å². The summed E-state index contributed by atoms with van der Waals surface area (Å²) in [6, 6.07) is 0. The third kappa shape index (κ3) is 1.11. The summed E-state index contributed by atoms with van der Waals surface area (Å²) in [5.41, 5.74) is 3.58. The van der Waals surface area contributed by atoms with Crippen LogP contribution in [0.15, 0.2) is 46.8 Å². The molecule has 0 saturated heterocycles. The van der Waals surface area contributed by atoms with Crippen LogP contribution >= 0.6 is 0 Å². The van der Waals surface area contributed by atoms with Crippen LogP contribution in [0.25, 0.3) is 0 Å². The number of hydrogen-bond donors (Lipinski definition) is 1. The van der Waals surface area contributed by atoms with Crippen molar-refractivity contribution in [2.24, 2.45) is 0 Å². The summed E-state index contributed by atoms with van der Waals surface area (Å²) in [5, 5.41) is 9.46. The van der Waals surface area contributed by atoms with E-state index >= 15 is 0 Å². The second kappa shape index (κ2) is 2.67. The van der Waals surface area contributed by atoms with Gasteiger partial charge in [-0.2, -0.15) is 0 Å². The van der Waals surface area contributed by atoms with Gasteiger partial charge in [-0.3, -0.25) is 0 Å². The number of rotatable bonds is 1. The molecule has 0 aromatic heterocycles. The van der Waals surface area contributed by atoms with E-state index in [1.54, 1.807) is 0 Å². The van der Waals surface area contributed by atoms with Gasteiger partial charge in [-0.05, 0) is 31.4 Å². The molecule has 0 saturated carbocycles. The summed E-state index contributed by atoms with van der Waals surface area (Å²) < 4.78 is 0. The zero-order valence-corrected chi connectivity index (χ0v) is 7.17. The van der Waals surface area contributed by atoms with Crippen molar-refractivity contribution in [3.63, 3.8) is 0 Å². The first kappa shape index (κ1) is 7.41. The van der Waals surface area contributed by atoms with Crippen LogP contribution in [0.1, 0.15) is 19.8 Å². The molecule has 0 spiro atoms. The van der Waals surface area contributed by atoms with E-state index in [0.717, 1.165) is 18.4 Å². The Morgan fingerprint density at radius 1 is 1.25 bits per heavy atom. The lowest BCUT2D eigenvalue weighted by Gasteiger charge is -2.02. The highest BCUT2D eigenvalue weighted by atomic mass is 16.3. The molecule has 0 bridgehead atoms. The van der Waals surface area contributed by atoms with Crippen LogP contribution in [-0.2, 0) is 0 Å². The van der Waals surface area contributed by atoms with Crippen molar-refractivity contribution in [3.8, 4) is 0 Å². The molecule has 1 heteroatoms. The fraction of sp³-hybridized carbons (Fsp3) is 0.273. The second-order valence-corrected chi connectivity index (χ2v) is 3.26. The largest absolute Gasteiger partial charge is 0.508 e. The molecular weight excluding hydrogens is 148 g/mol. The number of aliphatic hydroxyl groups excluding tert-OH is 1. The van der Waals surface area contributed by atoms with Crippen LogP contribution in [0, 0.1) is 0 Å². The molecule has 0 aromatic carbocycles. The molecule has 1 N–H and O–H groups in total. The fourth-order valence-corrected chi connectivity index (χ4v) is 1.65. The molecule has 2 aliphatic carbocycles. The van der Waals surface area contributed by atoms with E-state index in [0.29, 0.717) is 5.76 Å². The lowest BCUT2D eigenvalue weighted by atomic mass is 10.1. The molecule has 0 radical (unpaired) electrons. The normalized spacial score (nSPS) is 21.8. The molecule has 1 nitrogen and oxygen atoms in total. The van der Waals surface area contributed by atoms with Gasteiger partial charge in [0, 0.05) is 5.57 Å². The third-order valence-electron chi connectivity index (χ3n) is 2.30. The van der Waals surface area contributed by atoms with E-state index in [2.05, 4.69) is 25.2 Å². The topological polar surface area (TPSA) is 20.2 Å². The Kier molecular flexibility index (Phi) is 1.65. The zero-order valence-electron chi connectivity index (χ0n) is 7.17. The van der Waals surface area contributed by atoms with E-state index in [9.17, 15) is 5.11 Å². The summed E-state index contributed by atoms with van der Waals surface area (Å²) in [6.45, 7) is 2.09.